The van der Waals surface area contributed by atoms with E-state index in [-0.39, 0.29) is 6.04 Å². The van der Waals surface area contributed by atoms with Crippen molar-refractivity contribution in [3.63, 3.8) is 0 Å². The fourth-order valence-electron chi connectivity index (χ4n) is 1.63. The number of morpholine rings is 1. The van der Waals surface area contributed by atoms with Gasteiger partial charge in [0.1, 0.15) is 5.82 Å². The first kappa shape index (κ1) is 8.72. The molecule has 0 amide bonds. The van der Waals surface area contributed by atoms with Crippen LogP contribution < -0.4 is 5.32 Å². The number of nitrogens with zero attached hydrogens (tertiary/aromatic N) is 2. The number of aromatic nitrogens is 2. The molecule has 0 spiro atoms. The summed E-state index contributed by atoms with van der Waals surface area (Å²) < 4.78 is 7.53. The van der Waals surface area contributed by atoms with Crippen LogP contribution in [0.4, 0.5) is 0 Å². The zero-order valence-corrected chi connectivity index (χ0v) is 7.86. The molecule has 1 unspecified atom stereocenters. The van der Waals surface area contributed by atoms with Crippen molar-refractivity contribution in [2.24, 2.45) is 0 Å². The third kappa shape index (κ3) is 1.73. The number of hydrogen-bond donors (Lipinski definition) is 1. The number of hydrogen-bond acceptors (Lipinski definition) is 3. The van der Waals surface area contributed by atoms with Crippen LogP contribution in [0.3, 0.4) is 0 Å². The topological polar surface area (TPSA) is 39.1 Å². The van der Waals surface area contributed by atoms with E-state index in [0.29, 0.717) is 0 Å². The van der Waals surface area contributed by atoms with Crippen LogP contribution in [0, 0.1) is 0 Å². The number of rotatable bonds is 2. The number of ether oxygens (including phenoxy) is 1. The SMILES string of the molecule is CCn1ccnc1C1COCCN1. The van der Waals surface area contributed by atoms with E-state index in [2.05, 4.69) is 21.8 Å². The summed E-state index contributed by atoms with van der Waals surface area (Å²) in [5, 5.41) is 3.39. The highest BCUT2D eigenvalue weighted by molar-refractivity contribution is 5.00. The Labute approximate surface area is 77.9 Å². The lowest BCUT2D eigenvalue weighted by atomic mass is 10.2. The zero-order chi connectivity index (χ0) is 9.10. The Morgan fingerprint density at radius 3 is 3.38 bits per heavy atom. The fraction of sp³-hybridized carbons (Fsp3) is 0.667. The van der Waals surface area contributed by atoms with Crippen LogP contribution in [0.2, 0.25) is 0 Å². The predicted molar refractivity (Wildman–Crippen MR) is 49.5 cm³/mol. The van der Waals surface area contributed by atoms with Gasteiger partial charge in [-0.3, -0.25) is 0 Å². The molecule has 2 rings (SSSR count). The van der Waals surface area contributed by atoms with Gasteiger partial charge in [-0.25, -0.2) is 4.98 Å². The standard InChI is InChI=1S/C9H15N3O/c1-2-12-5-3-11-9(12)8-7-13-6-4-10-8/h3,5,8,10H,2,4,6-7H2,1H3. The van der Waals surface area contributed by atoms with Crippen molar-refractivity contribution in [3.05, 3.63) is 18.2 Å². The minimum atomic E-state index is 0.267. The van der Waals surface area contributed by atoms with Gasteiger partial charge in [-0.15, -0.1) is 0 Å². The van der Waals surface area contributed by atoms with E-state index in [0.717, 1.165) is 32.1 Å². The second-order valence-electron chi connectivity index (χ2n) is 3.15. The molecule has 1 aliphatic heterocycles. The summed E-state index contributed by atoms with van der Waals surface area (Å²) in [7, 11) is 0. The molecule has 1 saturated heterocycles. The first-order valence-electron chi connectivity index (χ1n) is 4.74. The smallest absolute Gasteiger partial charge is 0.128 e. The minimum absolute atomic E-state index is 0.267. The van der Waals surface area contributed by atoms with Crippen LogP contribution in [0.5, 0.6) is 0 Å². The second kappa shape index (κ2) is 3.89. The van der Waals surface area contributed by atoms with Gasteiger partial charge in [0.2, 0.25) is 0 Å². The van der Waals surface area contributed by atoms with E-state index in [9.17, 15) is 0 Å². The van der Waals surface area contributed by atoms with Gasteiger partial charge in [0.05, 0.1) is 19.3 Å². The Kier molecular flexibility index (Phi) is 2.61. The molecule has 1 aliphatic rings. The zero-order valence-electron chi connectivity index (χ0n) is 7.86. The van der Waals surface area contributed by atoms with Crippen molar-refractivity contribution < 1.29 is 4.74 Å². The third-order valence-electron chi connectivity index (χ3n) is 2.32. The molecule has 0 aliphatic carbocycles. The highest BCUT2D eigenvalue weighted by atomic mass is 16.5. The summed E-state index contributed by atoms with van der Waals surface area (Å²) >= 11 is 0. The molecule has 0 saturated carbocycles. The van der Waals surface area contributed by atoms with Crippen LogP contribution in [0.1, 0.15) is 18.8 Å². The Balaban J connectivity index is 2.13. The maximum Gasteiger partial charge on any atom is 0.128 e. The van der Waals surface area contributed by atoms with E-state index >= 15 is 0 Å². The summed E-state index contributed by atoms with van der Waals surface area (Å²) in [6.07, 6.45) is 3.85. The van der Waals surface area contributed by atoms with Gasteiger partial charge >= 0.3 is 0 Å². The average molecular weight is 181 g/mol. The molecule has 1 atom stereocenters. The van der Waals surface area contributed by atoms with Gasteiger partial charge in [-0.05, 0) is 6.92 Å². The molecular formula is C9H15N3O. The van der Waals surface area contributed by atoms with Crippen molar-refractivity contribution in [2.75, 3.05) is 19.8 Å². The van der Waals surface area contributed by atoms with Crippen LogP contribution in [-0.2, 0) is 11.3 Å². The van der Waals surface area contributed by atoms with Gasteiger partial charge in [-0.2, -0.15) is 0 Å². The Hall–Kier alpha value is -0.870. The van der Waals surface area contributed by atoms with Gasteiger partial charge in [0.15, 0.2) is 0 Å². The number of imidazole rings is 1. The molecule has 1 fully saturated rings. The second-order valence-corrected chi connectivity index (χ2v) is 3.15. The lowest BCUT2D eigenvalue weighted by molar-refractivity contribution is 0.0731. The van der Waals surface area contributed by atoms with Crippen molar-refractivity contribution in [2.45, 2.75) is 19.5 Å². The Bertz CT molecular complexity index is 266. The summed E-state index contributed by atoms with van der Waals surface area (Å²) in [5.74, 6) is 1.09. The highest BCUT2D eigenvalue weighted by Crippen LogP contribution is 2.13. The van der Waals surface area contributed by atoms with E-state index in [1.165, 1.54) is 0 Å². The third-order valence-corrected chi connectivity index (χ3v) is 2.32. The molecule has 0 aromatic carbocycles. The summed E-state index contributed by atoms with van der Waals surface area (Å²) in [4.78, 5) is 4.33. The van der Waals surface area contributed by atoms with Crippen molar-refractivity contribution in [3.8, 4) is 0 Å². The molecule has 1 aromatic rings. The largest absolute Gasteiger partial charge is 0.378 e. The number of aryl methyl sites for hydroxylation is 1. The molecule has 4 nitrogen and oxygen atoms in total. The van der Waals surface area contributed by atoms with Crippen molar-refractivity contribution >= 4 is 0 Å². The van der Waals surface area contributed by atoms with Gasteiger partial charge in [-0.1, -0.05) is 0 Å². The van der Waals surface area contributed by atoms with Gasteiger partial charge in [0, 0.05) is 25.5 Å². The van der Waals surface area contributed by atoms with E-state index in [1.807, 2.05) is 12.4 Å². The van der Waals surface area contributed by atoms with E-state index in [4.69, 9.17) is 4.74 Å². The Morgan fingerprint density at radius 2 is 2.69 bits per heavy atom. The van der Waals surface area contributed by atoms with Crippen LogP contribution in [0.25, 0.3) is 0 Å². The molecule has 0 bridgehead atoms. The Morgan fingerprint density at radius 1 is 1.77 bits per heavy atom. The first-order chi connectivity index (χ1) is 6.42. The predicted octanol–water partition coefficient (Wildman–Crippen LogP) is 0.564. The quantitative estimate of drug-likeness (QED) is 0.724. The maximum absolute atomic E-state index is 5.39. The molecule has 4 heteroatoms. The summed E-state index contributed by atoms with van der Waals surface area (Å²) in [5.41, 5.74) is 0. The van der Waals surface area contributed by atoms with E-state index in [1.54, 1.807) is 0 Å². The maximum atomic E-state index is 5.39. The van der Waals surface area contributed by atoms with Gasteiger partial charge < -0.3 is 14.6 Å². The molecule has 0 radical (unpaired) electrons. The van der Waals surface area contributed by atoms with Crippen LogP contribution in [0.15, 0.2) is 12.4 Å². The molecule has 1 aromatic heterocycles. The summed E-state index contributed by atoms with van der Waals surface area (Å²) in [6, 6.07) is 0.267. The first-order valence-corrected chi connectivity index (χ1v) is 4.74. The van der Waals surface area contributed by atoms with Gasteiger partial charge in [0.25, 0.3) is 0 Å². The average Bonchev–Trinajstić information content (AvgIpc) is 2.67. The fourth-order valence-corrected chi connectivity index (χ4v) is 1.63. The molecule has 2 heterocycles. The molecule has 13 heavy (non-hydrogen) atoms. The minimum Gasteiger partial charge on any atom is -0.378 e. The lowest BCUT2D eigenvalue weighted by Gasteiger charge is -2.23. The monoisotopic (exact) mass is 181 g/mol. The molecular weight excluding hydrogens is 166 g/mol. The van der Waals surface area contributed by atoms with Crippen LogP contribution >= 0.6 is 0 Å². The normalized spacial score (nSPS) is 23.3. The molecule has 72 valence electrons. The van der Waals surface area contributed by atoms with E-state index < -0.39 is 0 Å². The van der Waals surface area contributed by atoms with Crippen molar-refractivity contribution in [1.82, 2.24) is 14.9 Å². The van der Waals surface area contributed by atoms with Crippen molar-refractivity contribution in [1.29, 1.82) is 0 Å². The number of nitrogens with one attached hydrogen (secondary N) is 1. The van der Waals surface area contributed by atoms with Crippen LogP contribution in [-0.4, -0.2) is 29.3 Å². The summed E-state index contributed by atoms with van der Waals surface area (Å²) in [6.45, 7) is 5.55. The lowest BCUT2D eigenvalue weighted by Crippen LogP contribution is -2.36. The highest BCUT2D eigenvalue weighted by Gasteiger charge is 2.18. The molecule has 1 N–H and O–H groups in total.